The lowest BCUT2D eigenvalue weighted by atomic mass is 9.75. The van der Waals surface area contributed by atoms with Crippen LogP contribution in [0.25, 0.3) is 0 Å². The molecule has 134 valence electrons. The lowest BCUT2D eigenvalue weighted by molar-refractivity contribution is -0.0259. The van der Waals surface area contributed by atoms with E-state index in [0.29, 0.717) is 0 Å². The Balaban J connectivity index is 2.66. The Morgan fingerprint density at radius 1 is 1.42 bits per heavy atom. The van der Waals surface area contributed by atoms with Crippen molar-refractivity contribution in [3.63, 3.8) is 0 Å². The number of ether oxygens (including phenoxy) is 2. The van der Waals surface area contributed by atoms with Crippen LogP contribution < -0.4 is 9.47 Å². The molecule has 1 N–H and O–H groups in total. The molecule has 1 saturated heterocycles. The third-order valence-electron chi connectivity index (χ3n) is 3.38. The third-order valence-corrected chi connectivity index (χ3v) is 3.38. The zero-order chi connectivity index (χ0) is 34.2. The van der Waals surface area contributed by atoms with E-state index in [0.717, 1.165) is 26.4 Å². The van der Waals surface area contributed by atoms with Crippen LogP contribution in [0.5, 0.6) is 11.5 Å². The second kappa shape index (κ2) is 6.57. The van der Waals surface area contributed by atoms with Crippen LogP contribution in [0.3, 0.4) is 0 Å². The first-order valence-corrected chi connectivity index (χ1v) is 7.02. The van der Waals surface area contributed by atoms with Gasteiger partial charge in [0.1, 0.15) is 0 Å². The van der Waals surface area contributed by atoms with Crippen molar-refractivity contribution < 1.29 is 40.6 Å². The molecular formula is C20H31NO3. The highest BCUT2D eigenvalue weighted by atomic mass is 16.5. The van der Waals surface area contributed by atoms with Gasteiger partial charge in [-0.3, -0.25) is 4.90 Å². The molecule has 1 fully saturated rings. The standard InChI is InChI=1S/C20H31NO3/c1-20(2,3)11-14-12-21-7-6-13-8-18(23-4)19(24-5)9-15(13)16(21)10-17(14)22/h8-9,14,16-17,22H,6-7,10-12H2,1-5H3/i1D3,2D3,6D2,7D2,10D2,11D2,12D2,14D,16D,17D. The van der Waals surface area contributed by atoms with Gasteiger partial charge in [0.2, 0.25) is 0 Å². The van der Waals surface area contributed by atoms with Crippen LogP contribution in [-0.2, 0) is 6.37 Å². The molecule has 0 aromatic heterocycles. The van der Waals surface area contributed by atoms with Gasteiger partial charge in [-0.05, 0) is 53.7 Å². The monoisotopic (exact) mass is 352 g/mol. The van der Waals surface area contributed by atoms with Gasteiger partial charge in [0.15, 0.2) is 11.5 Å². The van der Waals surface area contributed by atoms with E-state index in [1.807, 2.05) is 0 Å². The largest absolute Gasteiger partial charge is 0.493 e. The molecule has 2 aliphatic rings. The maximum Gasteiger partial charge on any atom is 0.161 e. The second-order valence-electron chi connectivity index (χ2n) is 5.38. The van der Waals surface area contributed by atoms with Crippen molar-refractivity contribution in [1.29, 1.82) is 0 Å². The van der Waals surface area contributed by atoms with E-state index in [2.05, 4.69) is 0 Å². The van der Waals surface area contributed by atoms with E-state index in [-0.39, 0.29) is 18.4 Å². The first-order valence-electron chi connectivity index (χ1n) is 16.5. The SMILES string of the molecule is [2H]C([2H])([2H])C(C)(C([2H])([2H])[2H])C([2H])([2H])C1([2H])C([2H])([2H])N2C([2H])([2H])C([2H])([2H])c3cc(OC)c(OC)cc3C2([2H])C([2H])([2H])C1([2H])O. The topological polar surface area (TPSA) is 41.9 Å². The van der Waals surface area contributed by atoms with Crippen molar-refractivity contribution in [3.05, 3.63) is 23.3 Å². The summed E-state index contributed by atoms with van der Waals surface area (Å²) in [4.78, 5) is -0.505. The Morgan fingerprint density at radius 3 is 2.79 bits per heavy atom. The van der Waals surface area contributed by atoms with Crippen molar-refractivity contribution in [2.24, 2.45) is 11.3 Å². The summed E-state index contributed by atoms with van der Waals surface area (Å²) in [6.45, 7) is -15.9. The number of benzene rings is 1. The summed E-state index contributed by atoms with van der Waals surface area (Å²) < 4.78 is 172. The summed E-state index contributed by atoms with van der Waals surface area (Å²) in [5, 5.41) is 11.6. The van der Waals surface area contributed by atoms with Crippen LogP contribution in [-0.4, -0.2) is 43.3 Å². The summed E-state index contributed by atoms with van der Waals surface area (Å²) in [7, 11) is 2.23. The minimum atomic E-state index is -4.61. The van der Waals surface area contributed by atoms with E-state index in [4.69, 9.17) is 34.1 Å². The highest BCUT2D eigenvalue weighted by molar-refractivity contribution is 5.49. The lowest BCUT2D eigenvalue weighted by Crippen LogP contribution is -2.48. The summed E-state index contributed by atoms with van der Waals surface area (Å²) in [5.74, 6) is -5.14. The Bertz CT molecular complexity index is 1290. The van der Waals surface area contributed by atoms with Gasteiger partial charge in [0, 0.05) is 42.3 Å². The predicted octanol–water partition coefficient (Wildman–Crippen LogP) is 3.42. The highest BCUT2D eigenvalue weighted by Gasteiger charge is 2.39. The Kier molecular flexibility index (Phi) is 1.54. The molecule has 4 nitrogen and oxygen atoms in total. The van der Waals surface area contributed by atoms with Gasteiger partial charge in [-0.25, -0.2) is 0 Å². The molecule has 0 radical (unpaired) electrons. The number of hydrogen-bond donors (Lipinski definition) is 1. The molecule has 3 unspecified atom stereocenters. The van der Waals surface area contributed by atoms with E-state index in [9.17, 15) is 6.48 Å². The molecule has 4 heteroatoms. The molecule has 2 aliphatic heterocycles. The molecule has 1 aromatic carbocycles. The van der Waals surface area contributed by atoms with Gasteiger partial charge < -0.3 is 14.6 Å². The van der Waals surface area contributed by atoms with E-state index < -0.39 is 85.2 Å². The maximum atomic E-state index is 11.6. The maximum absolute atomic E-state index is 11.6. The van der Waals surface area contributed by atoms with Crippen molar-refractivity contribution in [3.8, 4) is 11.5 Å². The van der Waals surface area contributed by atoms with E-state index in [1.165, 1.54) is 0 Å². The highest BCUT2D eigenvalue weighted by Crippen LogP contribution is 2.44. The van der Waals surface area contributed by atoms with Crippen LogP contribution in [0.1, 0.15) is 76.6 Å². The number of rotatable bonds is 3. The lowest BCUT2D eigenvalue weighted by Gasteiger charge is -2.47. The normalized spacial score (nSPS) is 58.2. The Hall–Kier alpha value is -1.26. The van der Waals surface area contributed by atoms with Crippen molar-refractivity contribution in [2.75, 3.05) is 27.2 Å². The first-order chi connectivity index (χ1) is 18.7. The van der Waals surface area contributed by atoms with Gasteiger partial charge in [0.05, 0.1) is 23.0 Å². The van der Waals surface area contributed by atoms with Crippen LogP contribution in [0.15, 0.2) is 12.1 Å². The molecule has 3 atom stereocenters. The number of hydrogen-bond acceptors (Lipinski definition) is 4. The van der Waals surface area contributed by atoms with Gasteiger partial charge in [0.25, 0.3) is 0 Å². The molecule has 1 aromatic rings. The summed E-state index contributed by atoms with van der Waals surface area (Å²) in [6.07, 6.45) is -16.7. The van der Waals surface area contributed by atoms with E-state index in [1.54, 1.807) is 0 Å². The molecule has 2 heterocycles. The Morgan fingerprint density at radius 2 is 2.12 bits per heavy atom. The molecule has 0 spiro atoms. The molecule has 24 heavy (non-hydrogen) atoms. The van der Waals surface area contributed by atoms with Gasteiger partial charge in [-0.2, -0.15) is 0 Å². The average Bonchev–Trinajstić information content (AvgIpc) is 2.82. The average molecular weight is 353 g/mol. The van der Waals surface area contributed by atoms with Gasteiger partial charge in [-0.15, -0.1) is 0 Å². The fourth-order valence-electron chi connectivity index (χ4n) is 2.35. The van der Waals surface area contributed by atoms with Crippen LogP contribution in [0, 0.1) is 11.3 Å². The minimum Gasteiger partial charge on any atom is -0.493 e. The summed E-state index contributed by atoms with van der Waals surface area (Å²) >= 11 is 0. The summed E-state index contributed by atoms with van der Waals surface area (Å²) in [5.41, 5.74) is -5.53. The smallest absolute Gasteiger partial charge is 0.161 e. The van der Waals surface area contributed by atoms with E-state index >= 15 is 0 Å². The van der Waals surface area contributed by atoms with Crippen molar-refractivity contribution >= 4 is 0 Å². The number of nitrogens with zero attached hydrogens (tertiary/aromatic N) is 1. The summed E-state index contributed by atoms with van der Waals surface area (Å²) in [6, 6.07) is -2.09. The molecule has 3 rings (SSSR count). The quantitative estimate of drug-likeness (QED) is 0.905. The van der Waals surface area contributed by atoms with Crippen molar-refractivity contribution in [1.82, 2.24) is 4.90 Å². The fraction of sp³-hybridized carbons (Fsp3) is 0.700. The fourth-order valence-corrected chi connectivity index (χ4v) is 2.35. The minimum absolute atomic E-state index is 0.226. The second-order valence-corrected chi connectivity index (χ2v) is 5.38. The van der Waals surface area contributed by atoms with Crippen molar-refractivity contribution in [2.45, 2.75) is 51.8 Å². The van der Waals surface area contributed by atoms with Crippen LogP contribution in [0.2, 0.25) is 0 Å². The Labute approximate surface area is 172 Å². The predicted molar refractivity (Wildman–Crippen MR) is 95.7 cm³/mol. The molecule has 0 amide bonds. The van der Waals surface area contributed by atoms with Gasteiger partial charge in [-0.1, -0.05) is 20.6 Å². The number of fused-ring (bicyclic) bond motifs is 3. The number of aliphatic hydroxyl groups is 1. The number of piperidine rings is 1. The molecule has 0 bridgehead atoms. The molecule has 0 saturated carbocycles. The third kappa shape index (κ3) is 3.40. The van der Waals surface area contributed by atoms with Crippen LogP contribution in [0.4, 0.5) is 0 Å². The zero-order valence-corrected chi connectivity index (χ0v) is 13.4. The first kappa shape index (κ1) is 5.62. The number of methoxy groups -OCH3 is 2. The van der Waals surface area contributed by atoms with Crippen LogP contribution >= 0.6 is 0 Å². The zero-order valence-electron chi connectivity index (χ0n) is 32.4. The molecular weight excluding hydrogens is 302 g/mol. The van der Waals surface area contributed by atoms with Gasteiger partial charge >= 0.3 is 0 Å². The number of aryl methyl sites for hydroxylation is 1. The molecule has 0 aliphatic carbocycles.